The maximum atomic E-state index is 14.3. The lowest BCUT2D eigenvalue weighted by Gasteiger charge is -2.26. The van der Waals surface area contributed by atoms with Crippen LogP contribution in [0.15, 0.2) is 39.0 Å². The van der Waals surface area contributed by atoms with E-state index in [1.165, 1.54) is 26.6 Å². The van der Waals surface area contributed by atoms with E-state index in [1.807, 2.05) is 11.4 Å². The van der Waals surface area contributed by atoms with Gasteiger partial charge >= 0.3 is 0 Å². The molecule has 146 valence electrons. The molecule has 3 rings (SSSR count). The first kappa shape index (κ1) is 20.4. The van der Waals surface area contributed by atoms with Crippen molar-refractivity contribution in [1.82, 2.24) is 9.21 Å². The van der Waals surface area contributed by atoms with Gasteiger partial charge in [0.25, 0.3) is 5.91 Å². The van der Waals surface area contributed by atoms with Crippen LogP contribution < -0.4 is 0 Å². The van der Waals surface area contributed by atoms with Gasteiger partial charge in [-0.2, -0.15) is 4.31 Å². The first-order valence-corrected chi connectivity index (χ1v) is 11.7. The third kappa shape index (κ3) is 4.59. The average Bonchev–Trinajstić information content (AvgIpc) is 3.06. The van der Waals surface area contributed by atoms with Crippen LogP contribution in [0.5, 0.6) is 0 Å². The Morgan fingerprint density at radius 1 is 1.26 bits per heavy atom. The fourth-order valence-electron chi connectivity index (χ4n) is 3.04. The number of thiophene rings is 1. The Bertz CT molecular complexity index is 940. The van der Waals surface area contributed by atoms with E-state index >= 15 is 0 Å². The second-order valence-corrected chi connectivity index (χ2v) is 10.3. The Morgan fingerprint density at radius 3 is 2.59 bits per heavy atom. The maximum Gasteiger partial charge on any atom is 0.253 e. The summed E-state index contributed by atoms with van der Waals surface area (Å²) in [5.74, 6) is -1.18. The molecule has 2 heterocycles. The van der Waals surface area contributed by atoms with E-state index in [2.05, 4.69) is 15.9 Å². The molecule has 0 spiro atoms. The summed E-state index contributed by atoms with van der Waals surface area (Å²) < 4.78 is 42.2. The normalized spacial score (nSPS) is 15.7. The molecule has 0 radical (unpaired) electrons. The van der Waals surface area contributed by atoms with Crippen molar-refractivity contribution in [3.8, 4) is 0 Å². The molecule has 27 heavy (non-hydrogen) atoms. The van der Waals surface area contributed by atoms with E-state index in [1.54, 1.807) is 7.05 Å². The number of piperidine rings is 1. The van der Waals surface area contributed by atoms with Gasteiger partial charge in [-0.25, -0.2) is 12.8 Å². The Kier molecular flexibility index (Phi) is 6.35. The molecule has 1 saturated heterocycles. The van der Waals surface area contributed by atoms with E-state index in [4.69, 9.17) is 0 Å². The first-order valence-electron chi connectivity index (χ1n) is 8.57. The molecule has 2 aromatic rings. The molecule has 0 saturated carbocycles. The van der Waals surface area contributed by atoms with Crippen molar-refractivity contribution in [3.63, 3.8) is 0 Å². The Balaban J connectivity index is 1.84. The topological polar surface area (TPSA) is 57.7 Å². The number of hydrogen-bond donors (Lipinski definition) is 0. The number of carbonyl (C=O) groups is 1. The van der Waals surface area contributed by atoms with Gasteiger partial charge in [0, 0.05) is 40.4 Å². The van der Waals surface area contributed by atoms with Crippen LogP contribution in [0.3, 0.4) is 0 Å². The van der Waals surface area contributed by atoms with Crippen LogP contribution in [0.4, 0.5) is 4.39 Å². The van der Waals surface area contributed by atoms with Gasteiger partial charge in [0.2, 0.25) is 10.0 Å². The average molecular weight is 475 g/mol. The smallest absolute Gasteiger partial charge is 0.253 e. The minimum atomic E-state index is -3.95. The van der Waals surface area contributed by atoms with Crippen molar-refractivity contribution in [2.45, 2.75) is 30.7 Å². The van der Waals surface area contributed by atoms with E-state index in [-0.39, 0.29) is 11.5 Å². The van der Waals surface area contributed by atoms with E-state index in [0.29, 0.717) is 19.6 Å². The van der Waals surface area contributed by atoms with Crippen molar-refractivity contribution >= 4 is 43.2 Å². The number of rotatable bonds is 5. The number of carbonyl (C=O) groups excluding carboxylic acids is 1. The van der Waals surface area contributed by atoms with Crippen molar-refractivity contribution in [3.05, 3.63) is 50.4 Å². The summed E-state index contributed by atoms with van der Waals surface area (Å²) in [6.07, 6.45) is 2.49. The fourth-order valence-corrected chi connectivity index (χ4v) is 6.15. The predicted octanol–water partition coefficient (Wildman–Crippen LogP) is 4.10. The molecule has 9 heteroatoms. The van der Waals surface area contributed by atoms with Crippen molar-refractivity contribution < 1.29 is 17.6 Å². The molecule has 5 nitrogen and oxygen atoms in total. The van der Waals surface area contributed by atoms with Crippen molar-refractivity contribution in [2.75, 3.05) is 20.1 Å². The van der Waals surface area contributed by atoms with Gasteiger partial charge in [-0.1, -0.05) is 6.42 Å². The van der Waals surface area contributed by atoms with Crippen molar-refractivity contribution in [1.29, 1.82) is 0 Å². The number of halogens is 2. The van der Waals surface area contributed by atoms with Crippen LogP contribution in [0.25, 0.3) is 0 Å². The van der Waals surface area contributed by atoms with Gasteiger partial charge < -0.3 is 4.90 Å². The molecule has 0 atom stereocenters. The summed E-state index contributed by atoms with van der Waals surface area (Å²) in [7, 11) is -2.31. The minimum Gasteiger partial charge on any atom is -0.337 e. The van der Waals surface area contributed by atoms with Crippen LogP contribution in [0, 0.1) is 5.82 Å². The number of benzene rings is 1. The summed E-state index contributed by atoms with van der Waals surface area (Å²) in [5.41, 5.74) is 0.158. The molecule has 1 aliphatic heterocycles. The van der Waals surface area contributed by atoms with Crippen LogP contribution in [-0.2, 0) is 16.6 Å². The molecular weight excluding hydrogens is 455 g/mol. The van der Waals surface area contributed by atoms with Gasteiger partial charge in [-0.05, 0) is 53.0 Å². The highest BCUT2D eigenvalue weighted by Crippen LogP contribution is 2.25. The van der Waals surface area contributed by atoms with Crippen molar-refractivity contribution in [2.24, 2.45) is 0 Å². The second kappa shape index (κ2) is 8.38. The number of nitrogens with zero attached hydrogens (tertiary/aromatic N) is 2. The zero-order valence-corrected chi connectivity index (χ0v) is 18.0. The number of hydrogen-bond acceptors (Lipinski definition) is 4. The summed E-state index contributed by atoms with van der Waals surface area (Å²) in [6, 6.07) is 5.46. The van der Waals surface area contributed by atoms with E-state index in [9.17, 15) is 17.6 Å². The number of amides is 1. The SMILES string of the molecule is CN(Cc1cc(Br)cs1)C(=O)c1ccc(F)c(S(=O)(=O)N2CCCCC2)c1. The standard InChI is InChI=1S/C18H20BrFN2O3S2/c1-21(11-15-10-14(19)12-26-15)18(23)13-5-6-16(20)17(9-13)27(24,25)22-7-3-2-4-8-22/h5-6,9-10,12H,2-4,7-8,11H2,1H3. The van der Waals surface area contributed by atoms with Crippen LogP contribution in [0.2, 0.25) is 0 Å². The Morgan fingerprint density at radius 2 is 1.96 bits per heavy atom. The lowest BCUT2D eigenvalue weighted by molar-refractivity contribution is 0.0786. The Labute approximate surface area is 171 Å². The molecule has 1 aliphatic rings. The summed E-state index contributed by atoms with van der Waals surface area (Å²) >= 11 is 4.89. The zero-order valence-electron chi connectivity index (χ0n) is 14.8. The highest BCUT2D eigenvalue weighted by Gasteiger charge is 2.29. The quantitative estimate of drug-likeness (QED) is 0.655. The fraction of sp³-hybridized carbons (Fsp3) is 0.389. The van der Waals surface area contributed by atoms with Gasteiger partial charge in [-0.15, -0.1) is 11.3 Å². The molecular formula is C18H20BrFN2O3S2. The van der Waals surface area contributed by atoms with Crippen LogP contribution in [0.1, 0.15) is 34.5 Å². The lowest BCUT2D eigenvalue weighted by Crippen LogP contribution is -2.36. The third-order valence-electron chi connectivity index (χ3n) is 4.47. The molecule has 1 amide bonds. The highest BCUT2D eigenvalue weighted by atomic mass is 79.9. The molecule has 0 unspecified atom stereocenters. The van der Waals surface area contributed by atoms with Gasteiger partial charge in [0.1, 0.15) is 10.7 Å². The van der Waals surface area contributed by atoms with Crippen LogP contribution >= 0.6 is 27.3 Å². The van der Waals surface area contributed by atoms with E-state index in [0.717, 1.165) is 40.7 Å². The molecule has 1 aromatic carbocycles. The Hall–Kier alpha value is -1.29. The van der Waals surface area contributed by atoms with Gasteiger partial charge in [0.15, 0.2) is 0 Å². The first-order chi connectivity index (χ1) is 12.8. The molecule has 1 fully saturated rings. The number of sulfonamides is 1. The maximum absolute atomic E-state index is 14.3. The van der Waals surface area contributed by atoms with Gasteiger partial charge in [0.05, 0.1) is 6.54 Å². The van der Waals surface area contributed by atoms with Crippen LogP contribution in [-0.4, -0.2) is 43.7 Å². The molecule has 0 aliphatic carbocycles. The molecule has 0 N–H and O–H groups in total. The molecule has 0 bridgehead atoms. The minimum absolute atomic E-state index is 0.158. The van der Waals surface area contributed by atoms with Gasteiger partial charge in [-0.3, -0.25) is 4.79 Å². The predicted molar refractivity (Wildman–Crippen MR) is 107 cm³/mol. The second-order valence-electron chi connectivity index (χ2n) is 6.50. The summed E-state index contributed by atoms with van der Waals surface area (Å²) in [5, 5.41) is 1.93. The highest BCUT2D eigenvalue weighted by molar-refractivity contribution is 9.10. The zero-order chi connectivity index (χ0) is 19.6. The monoisotopic (exact) mass is 474 g/mol. The summed E-state index contributed by atoms with van der Waals surface area (Å²) in [6.45, 7) is 1.15. The molecule has 1 aromatic heterocycles. The largest absolute Gasteiger partial charge is 0.337 e. The lowest BCUT2D eigenvalue weighted by atomic mass is 10.2. The summed E-state index contributed by atoms with van der Waals surface area (Å²) in [4.78, 5) is 14.8. The van der Waals surface area contributed by atoms with E-state index < -0.39 is 20.7 Å². The third-order valence-corrected chi connectivity index (χ3v) is 8.07.